The Morgan fingerprint density at radius 2 is 1.86 bits per heavy atom. The standard InChI is InChI=1S/C19H14F4N4O/c20-12-7-13(21)17(23)11(16(12)22)8-27-6-4-10-15(9-27)25-18(26-19(10)28)14-3-1-2-5-24-14/h1-3,5,7H,4,6,8-9H2,(H,25,26,28). The van der Waals surface area contributed by atoms with E-state index in [-0.39, 0.29) is 37.1 Å². The summed E-state index contributed by atoms with van der Waals surface area (Å²) in [6.07, 6.45) is 1.85. The third-order valence-electron chi connectivity index (χ3n) is 4.64. The molecule has 2 aromatic heterocycles. The van der Waals surface area contributed by atoms with Gasteiger partial charge in [-0.15, -0.1) is 0 Å². The van der Waals surface area contributed by atoms with Crippen molar-refractivity contribution in [3.05, 3.63) is 80.9 Å². The minimum absolute atomic E-state index is 0.107. The van der Waals surface area contributed by atoms with Gasteiger partial charge < -0.3 is 4.98 Å². The summed E-state index contributed by atoms with van der Waals surface area (Å²) in [4.78, 5) is 25.2. The number of rotatable bonds is 3. The lowest BCUT2D eigenvalue weighted by Crippen LogP contribution is -2.35. The lowest BCUT2D eigenvalue weighted by atomic mass is 10.0. The van der Waals surface area contributed by atoms with Gasteiger partial charge in [0.1, 0.15) is 5.69 Å². The van der Waals surface area contributed by atoms with E-state index < -0.39 is 28.8 Å². The zero-order valence-electron chi connectivity index (χ0n) is 14.5. The molecule has 1 aliphatic heterocycles. The molecule has 0 saturated carbocycles. The number of nitrogens with zero attached hydrogens (tertiary/aromatic N) is 3. The van der Waals surface area contributed by atoms with Crippen LogP contribution in [0, 0.1) is 23.3 Å². The van der Waals surface area contributed by atoms with Gasteiger partial charge in [-0.2, -0.15) is 0 Å². The van der Waals surface area contributed by atoms with Gasteiger partial charge in [0.2, 0.25) is 0 Å². The van der Waals surface area contributed by atoms with Gasteiger partial charge in [-0.05, 0) is 18.6 Å². The predicted molar refractivity (Wildman–Crippen MR) is 92.2 cm³/mol. The first-order chi connectivity index (χ1) is 13.4. The molecule has 28 heavy (non-hydrogen) atoms. The Morgan fingerprint density at radius 1 is 1.11 bits per heavy atom. The van der Waals surface area contributed by atoms with Gasteiger partial charge in [-0.25, -0.2) is 22.5 Å². The molecule has 144 valence electrons. The summed E-state index contributed by atoms with van der Waals surface area (Å²) in [5, 5.41) is 0. The Hall–Kier alpha value is -3.07. The molecule has 5 nitrogen and oxygen atoms in total. The third kappa shape index (κ3) is 3.29. The molecular formula is C19H14F4N4O. The van der Waals surface area contributed by atoms with Crippen LogP contribution in [0.5, 0.6) is 0 Å². The van der Waals surface area contributed by atoms with Crippen LogP contribution in [0.2, 0.25) is 0 Å². The average Bonchev–Trinajstić information content (AvgIpc) is 2.70. The molecule has 0 fully saturated rings. The maximum absolute atomic E-state index is 14.0. The SMILES string of the molecule is O=c1[nH]c(-c2ccccn2)nc2c1CCN(Cc1c(F)c(F)cc(F)c1F)C2. The summed E-state index contributed by atoms with van der Waals surface area (Å²) < 4.78 is 54.8. The highest BCUT2D eigenvalue weighted by Gasteiger charge is 2.25. The Morgan fingerprint density at radius 3 is 2.54 bits per heavy atom. The number of pyridine rings is 1. The zero-order valence-corrected chi connectivity index (χ0v) is 14.5. The average molecular weight is 390 g/mol. The molecule has 0 unspecified atom stereocenters. The Kier molecular flexibility index (Phi) is 4.68. The fourth-order valence-electron chi connectivity index (χ4n) is 3.24. The number of hydrogen-bond acceptors (Lipinski definition) is 4. The molecule has 0 bridgehead atoms. The zero-order chi connectivity index (χ0) is 19.8. The summed E-state index contributed by atoms with van der Waals surface area (Å²) in [6, 6.07) is 5.34. The lowest BCUT2D eigenvalue weighted by Gasteiger charge is -2.28. The normalized spacial score (nSPS) is 14.1. The minimum Gasteiger partial charge on any atom is -0.305 e. The van der Waals surface area contributed by atoms with Gasteiger partial charge in [-0.1, -0.05) is 6.07 Å². The predicted octanol–water partition coefficient (Wildman–Crippen LogP) is 2.95. The van der Waals surface area contributed by atoms with Crippen molar-refractivity contribution in [2.75, 3.05) is 6.54 Å². The number of fused-ring (bicyclic) bond motifs is 1. The van der Waals surface area contributed by atoms with E-state index in [1.807, 2.05) is 0 Å². The molecule has 0 aliphatic carbocycles. The van der Waals surface area contributed by atoms with Crippen molar-refractivity contribution in [1.29, 1.82) is 0 Å². The first kappa shape index (κ1) is 18.3. The first-order valence-corrected chi connectivity index (χ1v) is 8.51. The molecule has 1 N–H and O–H groups in total. The van der Waals surface area contributed by atoms with E-state index in [0.717, 1.165) is 0 Å². The highest BCUT2D eigenvalue weighted by atomic mass is 19.2. The second-order valence-electron chi connectivity index (χ2n) is 6.46. The van der Waals surface area contributed by atoms with E-state index in [1.54, 1.807) is 29.3 Å². The summed E-state index contributed by atoms with van der Waals surface area (Å²) in [7, 11) is 0. The highest BCUT2D eigenvalue weighted by molar-refractivity contribution is 5.49. The topological polar surface area (TPSA) is 61.9 Å². The molecule has 1 aromatic carbocycles. The number of hydrogen-bond donors (Lipinski definition) is 1. The Bertz CT molecular complexity index is 1080. The van der Waals surface area contributed by atoms with E-state index in [1.165, 1.54) is 0 Å². The van der Waals surface area contributed by atoms with E-state index in [4.69, 9.17) is 0 Å². The van der Waals surface area contributed by atoms with Crippen LogP contribution in [0.3, 0.4) is 0 Å². The summed E-state index contributed by atoms with van der Waals surface area (Å²) in [5.74, 6) is -5.45. The van der Waals surface area contributed by atoms with Crippen molar-refractivity contribution in [3.63, 3.8) is 0 Å². The van der Waals surface area contributed by atoms with Crippen molar-refractivity contribution >= 4 is 0 Å². The van der Waals surface area contributed by atoms with Crippen molar-refractivity contribution in [1.82, 2.24) is 19.9 Å². The maximum atomic E-state index is 14.0. The number of H-pyrrole nitrogens is 1. The molecule has 3 heterocycles. The quantitative estimate of drug-likeness (QED) is 0.552. The third-order valence-corrected chi connectivity index (χ3v) is 4.64. The fraction of sp³-hybridized carbons (Fsp3) is 0.211. The number of aromatic nitrogens is 3. The van der Waals surface area contributed by atoms with Gasteiger partial charge in [0, 0.05) is 43.0 Å². The maximum Gasteiger partial charge on any atom is 0.254 e. The molecule has 0 amide bonds. The highest BCUT2D eigenvalue weighted by Crippen LogP contribution is 2.24. The van der Waals surface area contributed by atoms with Crippen LogP contribution < -0.4 is 5.56 Å². The smallest absolute Gasteiger partial charge is 0.254 e. The molecule has 0 radical (unpaired) electrons. The number of nitrogens with one attached hydrogen (secondary N) is 1. The second-order valence-corrected chi connectivity index (χ2v) is 6.46. The molecule has 1 aliphatic rings. The van der Waals surface area contributed by atoms with Crippen LogP contribution in [0.4, 0.5) is 17.6 Å². The summed E-state index contributed by atoms with van der Waals surface area (Å²) >= 11 is 0. The van der Waals surface area contributed by atoms with Crippen LogP contribution in [-0.4, -0.2) is 26.4 Å². The molecule has 0 saturated heterocycles. The Balaban J connectivity index is 1.65. The van der Waals surface area contributed by atoms with Gasteiger partial charge in [0.05, 0.1) is 5.69 Å². The van der Waals surface area contributed by atoms with Gasteiger partial charge in [0.15, 0.2) is 29.1 Å². The first-order valence-electron chi connectivity index (χ1n) is 8.51. The van der Waals surface area contributed by atoms with Crippen LogP contribution >= 0.6 is 0 Å². The number of benzene rings is 1. The lowest BCUT2D eigenvalue weighted by molar-refractivity contribution is 0.231. The van der Waals surface area contributed by atoms with Crippen molar-refractivity contribution in [3.8, 4) is 11.5 Å². The van der Waals surface area contributed by atoms with Crippen molar-refractivity contribution < 1.29 is 17.6 Å². The van der Waals surface area contributed by atoms with Crippen molar-refractivity contribution in [2.24, 2.45) is 0 Å². The van der Waals surface area contributed by atoms with E-state index >= 15 is 0 Å². The van der Waals surface area contributed by atoms with Crippen LogP contribution in [0.25, 0.3) is 11.5 Å². The molecule has 9 heteroatoms. The molecule has 3 aromatic rings. The van der Waals surface area contributed by atoms with Crippen molar-refractivity contribution in [2.45, 2.75) is 19.5 Å². The van der Waals surface area contributed by atoms with Gasteiger partial charge in [-0.3, -0.25) is 14.7 Å². The van der Waals surface area contributed by atoms with E-state index in [2.05, 4.69) is 15.0 Å². The van der Waals surface area contributed by atoms with E-state index in [0.29, 0.717) is 23.4 Å². The largest absolute Gasteiger partial charge is 0.305 e. The number of aromatic amines is 1. The monoisotopic (exact) mass is 390 g/mol. The van der Waals surface area contributed by atoms with Crippen LogP contribution in [-0.2, 0) is 19.5 Å². The number of halogens is 4. The molecule has 0 spiro atoms. The van der Waals surface area contributed by atoms with Gasteiger partial charge in [0.25, 0.3) is 5.56 Å². The molecular weight excluding hydrogens is 376 g/mol. The fourth-order valence-corrected chi connectivity index (χ4v) is 3.24. The summed E-state index contributed by atoms with van der Waals surface area (Å²) in [6.45, 7) is 0.0486. The second kappa shape index (κ2) is 7.16. The van der Waals surface area contributed by atoms with Gasteiger partial charge >= 0.3 is 0 Å². The van der Waals surface area contributed by atoms with E-state index in [9.17, 15) is 22.4 Å². The summed E-state index contributed by atoms with van der Waals surface area (Å²) in [5.41, 5.74) is 0.398. The van der Waals surface area contributed by atoms with Crippen LogP contribution in [0.15, 0.2) is 35.3 Å². The molecule has 0 atom stereocenters. The molecule has 4 rings (SSSR count). The van der Waals surface area contributed by atoms with Crippen LogP contribution in [0.1, 0.15) is 16.8 Å². The Labute approximate surface area is 156 Å². The minimum atomic E-state index is -1.45.